The SMILES string of the molecule is CN(CCNC(=O)CCS(=O)(=O)C1CCCC1)C1CCCCC1. The highest BCUT2D eigenvalue weighted by Crippen LogP contribution is 2.25. The first-order valence-corrected chi connectivity index (χ1v) is 10.9. The third-order valence-electron chi connectivity index (χ3n) is 5.41. The summed E-state index contributed by atoms with van der Waals surface area (Å²) in [5.41, 5.74) is 0. The number of hydrogen-bond donors (Lipinski definition) is 1. The van der Waals surface area contributed by atoms with Crippen LogP contribution >= 0.6 is 0 Å². The first kappa shape index (κ1) is 18.7. The van der Waals surface area contributed by atoms with Crippen molar-refractivity contribution in [1.82, 2.24) is 10.2 Å². The molecule has 2 aliphatic carbocycles. The van der Waals surface area contributed by atoms with Crippen LogP contribution in [0.15, 0.2) is 0 Å². The zero-order valence-corrected chi connectivity index (χ0v) is 15.2. The van der Waals surface area contributed by atoms with E-state index in [1.54, 1.807) is 0 Å². The molecule has 2 saturated carbocycles. The summed E-state index contributed by atoms with van der Waals surface area (Å²) in [7, 11) is -0.967. The second-order valence-corrected chi connectivity index (χ2v) is 9.55. The van der Waals surface area contributed by atoms with Gasteiger partial charge in [-0.3, -0.25) is 4.79 Å². The van der Waals surface area contributed by atoms with E-state index >= 15 is 0 Å². The van der Waals surface area contributed by atoms with Gasteiger partial charge in [-0.1, -0.05) is 32.1 Å². The quantitative estimate of drug-likeness (QED) is 0.732. The van der Waals surface area contributed by atoms with Crippen molar-refractivity contribution in [3.63, 3.8) is 0 Å². The van der Waals surface area contributed by atoms with Crippen LogP contribution in [0.2, 0.25) is 0 Å². The van der Waals surface area contributed by atoms with Gasteiger partial charge in [0.05, 0.1) is 11.0 Å². The maximum Gasteiger partial charge on any atom is 0.221 e. The molecule has 0 aromatic heterocycles. The normalized spacial score (nSPS) is 21.0. The Morgan fingerprint density at radius 3 is 2.30 bits per heavy atom. The molecule has 2 aliphatic rings. The van der Waals surface area contributed by atoms with Crippen LogP contribution in [-0.2, 0) is 14.6 Å². The van der Waals surface area contributed by atoms with Gasteiger partial charge in [-0.05, 0) is 32.7 Å². The monoisotopic (exact) mass is 344 g/mol. The maximum absolute atomic E-state index is 12.1. The highest BCUT2D eigenvalue weighted by atomic mass is 32.2. The fourth-order valence-corrected chi connectivity index (χ4v) is 5.67. The van der Waals surface area contributed by atoms with Gasteiger partial charge in [0.15, 0.2) is 9.84 Å². The summed E-state index contributed by atoms with van der Waals surface area (Å²) in [6.07, 6.45) is 10.1. The summed E-state index contributed by atoms with van der Waals surface area (Å²) in [4.78, 5) is 14.2. The largest absolute Gasteiger partial charge is 0.355 e. The molecule has 0 heterocycles. The van der Waals surface area contributed by atoms with E-state index in [-0.39, 0.29) is 23.3 Å². The molecular formula is C17H32N2O3S. The number of carbonyl (C=O) groups is 1. The average molecular weight is 345 g/mol. The van der Waals surface area contributed by atoms with E-state index in [9.17, 15) is 13.2 Å². The Bertz CT molecular complexity index is 466. The molecule has 5 nitrogen and oxygen atoms in total. The van der Waals surface area contributed by atoms with Gasteiger partial charge in [-0.25, -0.2) is 8.42 Å². The van der Waals surface area contributed by atoms with Gasteiger partial charge in [0.2, 0.25) is 5.91 Å². The minimum absolute atomic E-state index is 0.00195. The van der Waals surface area contributed by atoms with Crippen LogP contribution in [0.4, 0.5) is 0 Å². The molecule has 1 N–H and O–H groups in total. The van der Waals surface area contributed by atoms with Crippen molar-refractivity contribution >= 4 is 15.7 Å². The topological polar surface area (TPSA) is 66.5 Å². The Morgan fingerprint density at radius 1 is 1.04 bits per heavy atom. The minimum atomic E-state index is -3.08. The van der Waals surface area contributed by atoms with E-state index in [0.29, 0.717) is 12.6 Å². The minimum Gasteiger partial charge on any atom is -0.355 e. The molecule has 0 aliphatic heterocycles. The molecule has 134 valence electrons. The molecule has 2 fully saturated rings. The Kier molecular flexibility index (Phi) is 7.34. The highest BCUT2D eigenvalue weighted by molar-refractivity contribution is 7.92. The first-order valence-electron chi connectivity index (χ1n) is 9.17. The third-order valence-corrected chi connectivity index (χ3v) is 7.67. The zero-order chi connectivity index (χ0) is 16.7. The molecule has 2 rings (SSSR count). The second-order valence-electron chi connectivity index (χ2n) is 7.15. The van der Waals surface area contributed by atoms with Crippen LogP contribution in [0.5, 0.6) is 0 Å². The summed E-state index contributed by atoms with van der Waals surface area (Å²) >= 11 is 0. The zero-order valence-electron chi connectivity index (χ0n) is 14.4. The summed E-state index contributed by atoms with van der Waals surface area (Å²) < 4.78 is 24.3. The number of amides is 1. The van der Waals surface area contributed by atoms with E-state index in [1.165, 1.54) is 32.1 Å². The van der Waals surface area contributed by atoms with Crippen molar-refractivity contribution < 1.29 is 13.2 Å². The Morgan fingerprint density at radius 2 is 1.65 bits per heavy atom. The molecule has 6 heteroatoms. The number of nitrogens with one attached hydrogen (secondary N) is 1. The number of likely N-dealkylation sites (N-methyl/N-ethyl adjacent to an activating group) is 1. The molecule has 0 saturated heterocycles. The molecule has 1 amide bonds. The maximum atomic E-state index is 12.1. The molecular weight excluding hydrogens is 312 g/mol. The van der Waals surface area contributed by atoms with Gasteiger partial charge < -0.3 is 10.2 Å². The van der Waals surface area contributed by atoms with Gasteiger partial charge >= 0.3 is 0 Å². The summed E-state index contributed by atoms with van der Waals surface area (Å²) in [6, 6.07) is 0.642. The van der Waals surface area contributed by atoms with E-state index in [4.69, 9.17) is 0 Å². The second kappa shape index (κ2) is 9.02. The van der Waals surface area contributed by atoms with Crippen LogP contribution in [-0.4, -0.2) is 56.4 Å². The smallest absolute Gasteiger partial charge is 0.221 e. The molecule has 23 heavy (non-hydrogen) atoms. The number of hydrogen-bond acceptors (Lipinski definition) is 4. The van der Waals surface area contributed by atoms with Gasteiger partial charge in [0, 0.05) is 25.6 Å². The highest BCUT2D eigenvalue weighted by Gasteiger charge is 2.28. The van der Waals surface area contributed by atoms with E-state index < -0.39 is 9.84 Å². The van der Waals surface area contributed by atoms with Crippen molar-refractivity contribution in [3.8, 4) is 0 Å². The van der Waals surface area contributed by atoms with Gasteiger partial charge in [-0.2, -0.15) is 0 Å². The van der Waals surface area contributed by atoms with Crippen molar-refractivity contribution in [2.24, 2.45) is 0 Å². The first-order chi connectivity index (χ1) is 11.0. The lowest BCUT2D eigenvalue weighted by Gasteiger charge is -2.31. The fraction of sp³-hybridized carbons (Fsp3) is 0.941. The van der Waals surface area contributed by atoms with Crippen molar-refractivity contribution in [1.29, 1.82) is 0 Å². The Balaban J connectivity index is 1.61. The molecule has 0 radical (unpaired) electrons. The fourth-order valence-electron chi connectivity index (χ4n) is 3.81. The molecule has 0 unspecified atom stereocenters. The van der Waals surface area contributed by atoms with Crippen molar-refractivity contribution in [2.75, 3.05) is 25.9 Å². The van der Waals surface area contributed by atoms with Crippen molar-refractivity contribution in [2.45, 2.75) is 75.5 Å². The predicted molar refractivity (Wildman–Crippen MR) is 93.2 cm³/mol. The predicted octanol–water partition coefficient (Wildman–Crippen LogP) is 2.11. The molecule has 0 atom stereocenters. The Labute approximate surface area is 141 Å². The standard InChI is InChI=1S/C17H32N2O3S/c1-19(15-7-3-2-4-8-15)13-12-18-17(20)11-14-23(21,22)16-9-5-6-10-16/h15-16H,2-14H2,1H3,(H,18,20). The van der Waals surface area contributed by atoms with Crippen LogP contribution in [0.3, 0.4) is 0 Å². The lowest BCUT2D eigenvalue weighted by Crippen LogP contribution is -2.39. The van der Waals surface area contributed by atoms with Crippen LogP contribution in [0, 0.1) is 0 Å². The molecule has 0 aromatic carbocycles. The number of carbonyl (C=O) groups excluding carboxylic acids is 1. The van der Waals surface area contributed by atoms with E-state index in [2.05, 4.69) is 17.3 Å². The summed E-state index contributed by atoms with van der Waals surface area (Å²) in [6.45, 7) is 1.45. The number of sulfone groups is 1. The van der Waals surface area contributed by atoms with Crippen LogP contribution < -0.4 is 5.32 Å². The van der Waals surface area contributed by atoms with E-state index in [0.717, 1.165) is 32.2 Å². The van der Waals surface area contributed by atoms with Gasteiger partial charge in [0.1, 0.15) is 0 Å². The molecule has 0 spiro atoms. The van der Waals surface area contributed by atoms with Gasteiger partial charge in [-0.15, -0.1) is 0 Å². The Hall–Kier alpha value is -0.620. The van der Waals surface area contributed by atoms with E-state index in [1.807, 2.05) is 0 Å². The summed E-state index contributed by atoms with van der Waals surface area (Å²) in [5.74, 6) is -0.134. The van der Waals surface area contributed by atoms with Crippen LogP contribution in [0.1, 0.15) is 64.2 Å². The van der Waals surface area contributed by atoms with Crippen molar-refractivity contribution in [3.05, 3.63) is 0 Å². The lowest BCUT2D eigenvalue weighted by atomic mass is 9.94. The lowest BCUT2D eigenvalue weighted by molar-refractivity contribution is -0.120. The molecule has 0 aromatic rings. The third kappa shape index (κ3) is 6.07. The van der Waals surface area contributed by atoms with Gasteiger partial charge in [0.25, 0.3) is 0 Å². The summed E-state index contributed by atoms with van der Waals surface area (Å²) in [5, 5.41) is 2.67. The van der Waals surface area contributed by atoms with Crippen LogP contribution in [0.25, 0.3) is 0 Å². The molecule has 0 bridgehead atoms. The average Bonchev–Trinajstić information content (AvgIpc) is 3.09. The number of nitrogens with zero attached hydrogens (tertiary/aromatic N) is 1. The number of rotatable bonds is 8.